The molecule has 0 aliphatic heterocycles. The minimum Gasteiger partial charge on any atom is -0.462 e. The Morgan fingerprint density at radius 3 is 2.09 bits per heavy atom. The molecular weight excluding hydrogens is 576 g/mol. The minimum absolute atomic E-state index is 0.000455. The van der Waals surface area contributed by atoms with Gasteiger partial charge in [0.25, 0.3) is 0 Å². The second kappa shape index (κ2) is 11.3. The van der Waals surface area contributed by atoms with E-state index >= 15 is 0 Å². The number of aldehydes is 1. The lowest BCUT2D eigenvalue weighted by molar-refractivity contribution is -0.232. The third-order valence-corrected chi connectivity index (χ3v) is 14.4. The van der Waals surface area contributed by atoms with E-state index in [4.69, 9.17) is 9.47 Å². The first-order valence-electron chi connectivity index (χ1n) is 18.2. The number of rotatable bonds is 6. The highest BCUT2D eigenvalue weighted by Gasteiger charge is 2.69. The molecule has 6 nitrogen and oxygen atoms in total. The van der Waals surface area contributed by atoms with E-state index in [0.29, 0.717) is 17.8 Å². The lowest BCUT2D eigenvalue weighted by atomic mass is 9.33. The lowest BCUT2D eigenvalue weighted by Gasteiger charge is -2.71. The molecule has 0 radical (unpaired) electrons. The highest BCUT2D eigenvalue weighted by Crippen LogP contribution is 2.75. The zero-order valence-corrected chi connectivity index (χ0v) is 30.9. The topological polar surface area (TPSA) is 86.7 Å². The van der Waals surface area contributed by atoms with Crippen molar-refractivity contribution >= 4 is 24.0 Å². The Bertz CT molecular complexity index is 1310. The summed E-state index contributed by atoms with van der Waals surface area (Å²) in [6.45, 7) is 25.5. The number of fused-ring (bicyclic) bond motifs is 7. The Labute approximate surface area is 278 Å². The molecule has 4 fully saturated rings. The number of hydrogen-bond donors (Lipinski definition) is 0. The number of allylic oxidation sites excluding steroid dienone is 2. The molecule has 0 spiro atoms. The number of ketones is 1. The van der Waals surface area contributed by atoms with Crippen LogP contribution in [0.3, 0.4) is 0 Å². The molecule has 1 unspecified atom stereocenters. The van der Waals surface area contributed by atoms with Crippen molar-refractivity contribution < 1.29 is 28.7 Å². The van der Waals surface area contributed by atoms with Crippen LogP contribution in [0.25, 0.3) is 0 Å². The third kappa shape index (κ3) is 5.25. The van der Waals surface area contributed by atoms with Crippen molar-refractivity contribution in [1.82, 2.24) is 0 Å². The van der Waals surface area contributed by atoms with Gasteiger partial charge in [-0.2, -0.15) is 0 Å². The van der Waals surface area contributed by atoms with Crippen LogP contribution in [0.4, 0.5) is 0 Å². The Morgan fingerprint density at radius 1 is 0.870 bits per heavy atom. The summed E-state index contributed by atoms with van der Waals surface area (Å²) in [6.07, 6.45) is 9.02. The predicted molar refractivity (Wildman–Crippen MR) is 180 cm³/mol. The van der Waals surface area contributed by atoms with Gasteiger partial charge in [0, 0.05) is 5.41 Å². The van der Waals surface area contributed by atoms with Gasteiger partial charge in [0.2, 0.25) is 0 Å². The van der Waals surface area contributed by atoms with E-state index in [1.54, 1.807) is 13.8 Å². The van der Waals surface area contributed by atoms with Gasteiger partial charge in [0.05, 0.1) is 17.8 Å². The molecule has 0 bridgehead atoms. The fourth-order valence-electron chi connectivity index (χ4n) is 12.0. The maximum Gasteiger partial charge on any atom is 0.312 e. The fourth-order valence-corrected chi connectivity index (χ4v) is 12.0. The summed E-state index contributed by atoms with van der Waals surface area (Å²) < 4.78 is 11.9. The van der Waals surface area contributed by atoms with Crippen molar-refractivity contribution in [2.24, 2.45) is 62.6 Å². The van der Waals surface area contributed by atoms with E-state index in [0.717, 1.165) is 63.2 Å². The molecule has 5 aliphatic carbocycles. The van der Waals surface area contributed by atoms with Crippen molar-refractivity contribution in [3.8, 4) is 0 Å². The van der Waals surface area contributed by atoms with Gasteiger partial charge in [0.15, 0.2) is 5.78 Å². The summed E-state index contributed by atoms with van der Waals surface area (Å²) >= 11 is 0. The standard InChI is InChI=1S/C40H62O6/c1-23(2)31-32-24(25(22-41)33(31)43)15-19-39(11)26(32)13-14-28-38(10)18-17-29(37(8,9)27(38)16-20-40(28,39)12)45-30(42)21-36(6,7)34(44)46-35(3,4)5/h22-29H,13-21H2,1-12H3/t24?,25-,26-,27+,28-,29+,38+,39-,40-/m1/s1. The summed E-state index contributed by atoms with van der Waals surface area (Å²) in [5, 5.41) is 0. The fraction of sp³-hybridized carbons (Fsp3) is 0.850. The van der Waals surface area contributed by atoms with Crippen LogP contribution in [0.2, 0.25) is 0 Å². The molecule has 5 rings (SSSR count). The van der Waals surface area contributed by atoms with Crippen molar-refractivity contribution in [3.63, 3.8) is 0 Å². The van der Waals surface area contributed by atoms with E-state index in [-0.39, 0.29) is 63.7 Å². The molecule has 0 heterocycles. The monoisotopic (exact) mass is 638 g/mol. The average molecular weight is 639 g/mol. The van der Waals surface area contributed by atoms with E-state index in [9.17, 15) is 19.2 Å². The first kappa shape index (κ1) is 35.3. The van der Waals surface area contributed by atoms with Gasteiger partial charge in [-0.15, -0.1) is 0 Å². The van der Waals surface area contributed by atoms with E-state index in [1.807, 2.05) is 20.8 Å². The molecule has 6 heteroatoms. The summed E-state index contributed by atoms with van der Waals surface area (Å²) in [7, 11) is 0. The molecule has 0 aromatic carbocycles. The van der Waals surface area contributed by atoms with Crippen LogP contribution < -0.4 is 0 Å². The third-order valence-electron chi connectivity index (χ3n) is 14.4. The molecule has 46 heavy (non-hydrogen) atoms. The number of esters is 2. The lowest BCUT2D eigenvalue weighted by Crippen LogP contribution is -2.65. The zero-order chi connectivity index (χ0) is 34.4. The normalized spacial score (nSPS) is 40.4. The number of Topliss-reactive ketones (excluding diaryl/α,β-unsaturated/α-hetero) is 1. The molecule has 0 saturated heterocycles. The Morgan fingerprint density at radius 2 is 1.50 bits per heavy atom. The molecule has 4 saturated carbocycles. The molecule has 5 aliphatic rings. The van der Waals surface area contributed by atoms with Crippen molar-refractivity contribution in [1.29, 1.82) is 0 Å². The van der Waals surface area contributed by atoms with Crippen molar-refractivity contribution in [3.05, 3.63) is 11.1 Å². The first-order valence-corrected chi connectivity index (χ1v) is 18.2. The molecule has 9 atom stereocenters. The first-order chi connectivity index (χ1) is 21.0. The van der Waals surface area contributed by atoms with Gasteiger partial charge < -0.3 is 14.3 Å². The maximum absolute atomic E-state index is 13.5. The second-order valence-electron chi connectivity index (χ2n) is 19.2. The van der Waals surface area contributed by atoms with Crippen LogP contribution >= 0.6 is 0 Å². The molecule has 258 valence electrons. The van der Waals surface area contributed by atoms with E-state index < -0.39 is 16.9 Å². The maximum atomic E-state index is 13.5. The number of hydrogen-bond acceptors (Lipinski definition) is 6. The van der Waals surface area contributed by atoms with Crippen molar-refractivity contribution in [2.75, 3.05) is 0 Å². The highest BCUT2D eigenvalue weighted by molar-refractivity contribution is 6.09. The van der Waals surface area contributed by atoms with Gasteiger partial charge in [0.1, 0.15) is 18.0 Å². The van der Waals surface area contributed by atoms with Crippen LogP contribution in [0.1, 0.15) is 141 Å². The van der Waals surface area contributed by atoms with Crippen LogP contribution in [0.5, 0.6) is 0 Å². The van der Waals surface area contributed by atoms with Gasteiger partial charge in [-0.3, -0.25) is 14.4 Å². The summed E-state index contributed by atoms with van der Waals surface area (Å²) in [4.78, 5) is 51.9. The summed E-state index contributed by atoms with van der Waals surface area (Å²) in [5.41, 5.74) is 0.873. The quantitative estimate of drug-likeness (QED) is 0.164. The van der Waals surface area contributed by atoms with Crippen LogP contribution in [-0.4, -0.2) is 35.7 Å². The minimum atomic E-state index is -0.960. The molecule has 0 amide bonds. The Kier molecular flexibility index (Phi) is 8.67. The molecule has 0 N–H and O–H groups in total. The van der Waals surface area contributed by atoms with Gasteiger partial charge >= 0.3 is 11.9 Å². The van der Waals surface area contributed by atoms with E-state index in [2.05, 4.69) is 48.5 Å². The average Bonchev–Trinajstić information content (AvgIpc) is 3.20. The smallest absolute Gasteiger partial charge is 0.312 e. The van der Waals surface area contributed by atoms with E-state index in [1.165, 1.54) is 5.57 Å². The second-order valence-corrected chi connectivity index (χ2v) is 19.2. The number of carbonyl (C=O) groups is 4. The zero-order valence-electron chi connectivity index (χ0n) is 30.9. The van der Waals surface area contributed by atoms with Crippen LogP contribution in [0, 0.1) is 62.6 Å². The largest absolute Gasteiger partial charge is 0.462 e. The molecule has 0 aromatic heterocycles. The summed E-state index contributed by atoms with van der Waals surface area (Å²) in [5.74, 6) is 0.470. The van der Waals surface area contributed by atoms with Crippen LogP contribution in [0.15, 0.2) is 11.1 Å². The Hall–Kier alpha value is -1.98. The SMILES string of the molecule is CC(C)C1=C2C(CC[C@]3(C)[C@@H]2CC[C@@H]2[C@@]4(C)CC[C@H](OC(=O)CC(C)(C)C(=O)OC(C)(C)C)C(C)(C)[C@@H]4CC[C@]23C)[C@@H](C=O)C1=O. The Balaban J connectivity index is 1.37. The van der Waals surface area contributed by atoms with Crippen molar-refractivity contribution in [2.45, 2.75) is 153 Å². The molecule has 0 aromatic rings. The predicted octanol–water partition coefficient (Wildman–Crippen LogP) is 8.69. The number of carbonyl (C=O) groups excluding carboxylic acids is 4. The van der Waals surface area contributed by atoms with Gasteiger partial charge in [-0.1, -0.05) is 54.0 Å². The van der Waals surface area contributed by atoms with Gasteiger partial charge in [-0.25, -0.2) is 0 Å². The van der Waals surface area contributed by atoms with Crippen LogP contribution in [-0.2, 0) is 28.7 Å². The molecular formula is C40H62O6. The summed E-state index contributed by atoms with van der Waals surface area (Å²) in [6, 6.07) is 0. The number of ether oxygens (including phenoxy) is 2. The van der Waals surface area contributed by atoms with Gasteiger partial charge in [-0.05, 0) is 137 Å². The highest BCUT2D eigenvalue weighted by atomic mass is 16.6.